The summed E-state index contributed by atoms with van der Waals surface area (Å²) < 4.78 is 1.81. The van der Waals surface area contributed by atoms with Gasteiger partial charge < -0.3 is 0 Å². The van der Waals surface area contributed by atoms with Gasteiger partial charge in [0.25, 0.3) is 5.56 Å². The van der Waals surface area contributed by atoms with Crippen molar-refractivity contribution in [3.8, 4) is 44.8 Å². The molecule has 2 aliphatic carbocycles. The highest BCUT2D eigenvalue weighted by Crippen LogP contribution is 2.63. The van der Waals surface area contributed by atoms with E-state index >= 15 is 0 Å². The molecule has 0 amide bonds. The monoisotopic (exact) mass is 610 g/mol. The van der Waals surface area contributed by atoms with Gasteiger partial charge in [0.1, 0.15) is 5.82 Å². The highest BCUT2D eigenvalue weighted by molar-refractivity contribution is 6.11. The van der Waals surface area contributed by atoms with Gasteiger partial charge in [0.2, 0.25) is 0 Å². The van der Waals surface area contributed by atoms with E-state index in [9.17, 15) is 4.79 Å². The van der Waals surface area contributed by atoms with Crippen LogP contribution < -0.4 is 5.56 Å². The van der Waals surface area contributed by atoms with Gasteiger partial charge in [0.15, 0.2) is 0 Å². The number of pyridine rings is 1. The Kier molecular flexibility index (Phi) is 4.92. The Bertz CT molecular complexity index is 2820. The fourth-order valence-electron chi connectivity index (χ4n) is 8.87. The standard InChI is InChI=1S/C45H26N2O/c48-44-36-17-2-1-13-30(36)35-18-10-22-41-42(35)47(44)43(46-41)29-12-9-11-27(25-29)28-23-24-34-33-16-5-8-21-39(33)45(40(34)26-28)37-19-6-3-14-31(37)32-15-4-7-20-38(32)45/h1-26H. The summed E-state index contributed by atoms with van der Waals surface area (Å²) in [6, 6.07) is 56.1. The summed E-state index contributed by atoms with van der Waals surface area (Å²) in [5.74, 6) is 0.669. The van der Waals surface area contributed by atoms with Crippen LogP contribution in [0.25, 0.3) is 72.0 Å². The zero-order chi connectivity index (χ0) is 31.6. The molecule has 0 atom stereocenters. The largest absolute Gasteiger partial charge is 0.268 e. The van der Waals surface area contributed by atoms with Gasteiger partial charge in [0, 0.05) is 16.3 Å². The quantitative estimate of drug-likeness (QED) is 0.183. The SMILES string of the molecule is O=c1c2ccccc2c2cccc3nc(-c4cccc(-c5ccc6c(c5)C5(c7ccccc7-c7ccccc75)c5ccccc5-6)c4)n1c32. The number of aromatic nitrogens is 2. The lowest BCUT2D eigenvalue weighted by Crippen LogP contribution is -2.25. The third kappa shape index (κ3) is 3.09. The number of fused-ring (bicyclic) bond motifs is 12. The Morgan fingerprint density at radius 2 is 0.979 bits per heavy atom. The van der Waals surface area contributed by atoms with E-state index in [2.05, 4.69) is 121 Å². The van der Waals surface area contributed by atoms with Gasteiger partial charge >= 0.3 is 0 Å². The lowest BCUT2D eigenvalue weighted by molar-refractivity contribution is 0.794. The van der Waals surface area contributed by atoms with E-state index in [0.717, 1.165) is 38.5 Å². The number of imidazole rings is 1. The van der Waals surface area contributed by atoms with Crippen molar-refractivity contribution in [2.75, 3.05) is 0 Å². The third-order valence-electron chi connectivity index (χ3n) is 10.8. The van der Waals surface area contributed by atoms with Crippen molar-refractivity contribution in [3.63, 3.8) is 0 Å². The molecule has 0 radical (unpaired) electrons. The van der Waals surface area contributed by atoms with Gasteiger partial charge in [-0.05, 0) is 85.3 Å². The average Bonchev–Trinajstić information content (AvgIpc) is 3.79. The lowest BCUT2D eigenvalue weighted by Gasteiger charge is -2.30. The molecule has 7 aromatic carbocycles. The second-order valence-electron chi connectivity index (χ2n) is 13.0. The average molecular weight is 611 g/mol. The first-order valence-electron chi connectivity index (χ1n) is 16.4. The molecule has 222 valence electrons. The Hall–Kier alpha value is -6.32. The van der Waals surface area contributed by atoms with E-state index in [1.54, 1.807) is 0 Å². The van der Waals surface area contributed by atoms with Crippen LogP contribution in [0.2, 0.25) is 0 Å². The molecule has 2 aromatic heterocycles. The second-order valence-corrected chi connectivity index (χ2v) is 13.0. The molecule has 0 N–H and O–H groups in total. The van der Waals surface area contributed by atoms with Crippen LogP contribution in [0.3, 0.4) is 0 Å². The predicted molar refractivity (Wildman–Crippen MR) is 195 cm³/mol. The molecule has 11 rings (SSSR count). The van der Waals surface area contributed by atoms with Gasteiger partial charge in [-0.3, -0.25) is 9.20 Å². The van der Waals surface area contributed by atoms with E-state index in [-0.39, 0.29) is 5.56 Å². The maximum atomic E-state index is 14.0. The highest BCUT2D eigenvalue weighted by Gasteiger charge is 2.51. The van der Waals surface area contributed by atoms with Crippen molar-refractivity contribution in [3.05, 3.63) is 190 Å². The van der Waals surface area contributed by atoms with Crippen LogP contribution >= 0.6 is 0 Å². The molecule has 3 nitrogen and oxygen atoms in total. The van der Waals surface area contributed by atoms with Crippen LogP contribution in [0.15, 0.2) is 163 Å². The number of para-hydroxylation sites is 1. The topological polar surface area (TPSA) is 34.4 Å². The van der Waals surface area contributed by atoms with E-state index in [1.807, 2.05) is 40.8 Å². The zero-order valence-corrected chi connectivity index (χ0v) is 25.8. The number of hydrogen-bond acceptors (Lipinski definition) is 2. The van der Waals surface area contributed by atoms with Crippen LogP contribution in [-0.2, 0) is 5.41 Å². The van der Waals surface area contributed by atoms with E-state index < -0.39 is 5.41 Å². The van der Waals surface area contributed by atoms with E-state index in [0.29, 0.717) is 11.2 Å². The van der Waals surface area contributed by atoms with E-state index in [1.165, 1.54) is 44.5 Å². The molecule has 2 aliphatic rings. The molecule has 0 bridgehead atoms. The molecule has 9 aromatic rings. The Morgan fingerprint density at radius 3 is 1.69 bits per heavy atom. The Labute approximate surface area is 276 Å². The molecule has 0 saturated heterocycles. The first-order valence-corrected chi connectivity index (χ1v) is 16.4. The van der Waals surface area contributed by atoms with Crippen molar-refractivity contribution in [2.24, 2.45) is 0 Å². The van der Waals surface area contributed by atoms with E-state index in [4.69, 9.17) is 4.98 Å². The summed E-state index contributed by atoms with van der Waals surface area (Å²) in [6.07, 6.45) is 0. The fraction of sp³-hybridized carbons (Fsp3) is 0.0222. The fourth-order valence-corrected chi connectivity index (χ4v) is 8.87. The molecule has 48 heavy (non-hydrogen) atoms. The smallest absolute Gasteiger partial charge is 0.264 e. The zero-order valence-electron chi connectivity index (χ0n) is 25.8. The summed E-state index contributed by atoms with van der Waals surface area (Å²) >= 11 is 0. The number of rotatable bonds is 2. The summed E-state index contributed by atoms with van der Waals surface area (Å²) in [7, 11) is 0. The summed E-state index contributed by atoms with van der Waals surface area (Å²) in [6.45, 7) is 0. The van der Waals surface area contributed by atoms with Gasteiger partial charge in [-0.25, -0.2) is 4.98 Å². The predicted octanol–water partition coefficient (Wildman–Crippen LogP) is 10.1. The van der Waals surface area contributed by atoms with Crippen molar-refractivity contribution in [1.82, 2.24) is 9.38 Å². The number of benzene rings is 7. The molecule has 0 fully saturated rings. The van der Waals surface area contributed by atoms with Gasteiger partial charge in [0.05, 0.1) is 16.4 Å². The van der Waals surface area contributed by atoms with Gasteiger partial charge in [-0.15, -0.1) is 0 Å². The third-order valence-corrected chi connectivity index (χ3v) is 10.8. The lowest BCUT2D eigenvalue weighted by atomic mass is 9.70. The van der Waals surface area contributed by atoms with Crippen molar-refractivity contribution in [1.29, 1.82) is 0 Å². The van der Waals surface area contributed by atoms with Crippen LogP contribution in [0.4, 0.5) is 0 Å². The summed E-state index contributed by atoms with van der Waals surface area (Å²) in [5, 5.41) is 2.70. The van der Waals surface area contributed by atoms with Gasteiger partial charge in [-0.1, -0.05) is 133 Å². The minimum Gasteiger partial charge on any atom is -0.268 e. The number of nitrogens with zero attached hydrogens (tertiary/aromatic N) is 2. The highest BCUT2D eigenvalue weighted by atomic mass is 16.1. The molecule has 2 heterocycles. The van der Waals surface area contributed by atoms with Crippen LogP contribution in [0, 0.1) is 0 Å². The molecule has 0 saturated carbocycles. The minimum absolute atomic E-state index is 0.0389. The first-order chi connectivity index (χ1) is 23.7. The number of hydrogen-bond donors (Lipinski definition) is 0. The second kappa shape index (κ2) is 9.15. The molecule has 0 unspecified atom stereocenters. The van der Waals surface area contributed by atoms with Crippen molar-refractivity contribution >= 4 is 27.2 Å². The van der Waals surface area contributed by atoms with Crippen molar-refractivity contribution in [2.45, 2.75) is 5.41 Å². The van der Waals surface area contributed by atoms with Gasteiger partial charge in [-0.2, -0.15) is 0 Å². The minimum atomic E-state index is -0.395. The first kappa shape index (κ1) is 25.8. The Balaban J connectivity index is 1.15. The van der Waals surface area contributed by atoms with Crippen LogP contribution in [-0.4, -0.2) is 9.38 Å². The normalized spacial score (nSPS) is 13.7. The molecular formula is C45H26N2O. The molecular weight excluding hydrogens is 585 g/mol. The maximum absolute atomic E-state index is 14.0. The summed E-state index contributed by atoms with van der Waals surface area (Å²) in [4.78, 5) is 19.1. The van der Waals surface area contributed by atoms with Crippen LogP contribution in [0.1, 0.15) is 22.3 Å². The maximum Gasteiger partial charge on any atom is 0.264 e. The molecule has 3 heteroatoms. The molecule has 1 spiro atoms. The molecule has 0 aliphatic heterocycles. The van der Waals surface area contributed by atoms with Crippen molar-refractivity contribution < 1.29 is 0 Å². The van der Waals surface area contributed by atoms with Crippen LogP contribution in [0.5, 0.6) is 0 Å². The Morgan fingerprint density at radius 1 is 0.438 bits per heavy atom. The summed E-state index contributed by atoms with van der Waals surface area (Å²) in [5.41, 5.74) is 14.9.